The molecule has 2 aromatic carbocycles. The van der Waals surface area contributed by atoms with Gasteiger partial charge >= 0.3 is 0 Å². The Kier molecular flexibility index (Phi) is 5.51. The van der Waals surface area contributed by atoms with Crippen LogP contribution in [-0.2, 0) is 10.0 Å². The quantitative estimate of drug-likeness (QED) is 0.797. The molecule has 0 N–H and O–H groups in total. The van der Waals surface area contributed by atoms with Gasteiger partial charge in [-0.15, -0.1) is 0 Å². The monoisotopic (exact) mass is 379 g/mol. The SMILES string of the molecule is Cc1ccc(S(=O)(=O)N2CCSC(c3ccccc3F)CC2)cc1C. The molecule has 6 heteroatoms. The topological polar surface area (TPSA) is 37.4 Å². The summed E-state index contributed by atoms with van der Waals surface area (Å²) in [5, 5.41) is -0.0128. The second kappa shape index (κ2) is 7.48. The average molecular weight is 380 g/mol. The van der Waals surface area contributed by atoms with Crippen molar-refractivity contribution >= 4 is 21.8 Å². The Bertz CT molecular complexity index is 867. The summed E-state index contributed by atoms with van der Waals surface area (Å²) in [5.74, 6) is 0.439. The highest BCUT2D eigenvalue weighted by Gasteiger charge is 2.29. The van der Waals surface area contributed by atoms with Crippen LogP contribution in [0.15, 0.2) is 47.4 Å². The molecule has 0 bridgehead atoms. The van der Waals surface area contributed by atoms with Gasteiger partial charge in [-0.05, 0) is 49.6 Å². The highest BCUT2D eigenvalue weighted by molar-refractivity contribution is 7.99. The molecule has 0 amide bonds. The molecule has 0 aliphatic carbocycles. The zero-order valence-electron chi connectivity index (χ0n) is 14.4. The number of nitrogens with zero attached hydrogens (tertiary/aromatic N) is 1. The maximum atomic E-state index is 14.0. The van der Waals surface area contributed by atoms with Gasteiger partial charge in [0.25, 0.3) is 0 Å². The summed E-state index contributed by atoms with van der Waals surface area (Å²) in [4.78, 5) is 0.338. The van der Waals surface area contributed by atoms with Gasteiger partial charge in [0.2, 0.25) is 10.0 Å². The molecular formula is C19H22FNO2S2. The fourth-order valence-electron chi connectivity index (χ4n) is 3.00. The van der Waals surface area contributed by atoms with E-state index in [-0.39, 0.29) is 11.1 Å². The molecule has 134 valence electrons. The van der Waals surface area contributed by atoms with E-state index in [9.17, 15) is 12.8 Å². The van der Waals surface area contributed by atoms with E-state index in [2.05, 4.69) is 0 Å². The van der Waals surface area contributed by atoms with E-state index in [0.717, 1.165) is 11.1 Å². The molecule has 3 nitrogen and oxygen atoms in total. The first-order valence-electron chi connectivity index (χ1n) is 8.33. The minimum atomic E-state index is -3.51. The highest BCUT2D eigenvalue weighted by Crippen LogP contribution is 2.36. The van der Waals surface area contributed by atoms with Crippen molar-refractivity contribution in [2.24, 2.45) is 0 Å². The normalized spacial score (nSPS) is 19.6. The smallest absolute Gasteiger partial charge is 0.207 e. The second-order valence-corrected chi connectivity index (χ2v) is 9.57. The van der Waals surface area contributed by atoms with Gasteiger partial charge in [0, 0.05) is 29.7 Å². The average Bonchev–Trinajstić information content (AvgIpc) is 2.84. The summed E-state index contributed by atoms with van der Waals surface area (Å²) < 4.78 is 41.5. The number of hydrogen-bond acceptors (Lipinski definition) is 3. The van der Waals surface area contributed by atoms with Crippen molar-refractivity contribution in [2.45, 2.75) is 30.4 Å². The van der Waals surface area contributed by atoms with Gasteiger partial charge < -0.3 is 0 Å². The molecule has 1 saturated heterocycles. The van der Waals surface area contributed by atoms with Gasteiger partial charge in [-0.2, -0.15) is 16.1 Å². The molecule has 1 aliphatic rings. The molecule has 1 heterocycles. The van der Waals surface area contributed by atoms with Crippen LogP contribution in [0.4, 0.5) is 4.39 Å². The maximum Gasteiger partial charge on any atom is 0.243 e. The third kappa shape index (κ3) is 3.91. The molecular weight excluding hydrogens is 357 g/mol. The van der Waals surface area contributed by atoms with Gasteiger partial charge in [-0.25, -0.2) is 12.8 Å². The summed E-state index contributed by atoms with van der Waals surface area (Å²) in [6.45, 7) is 4.74. The molecule has 1 unspecified atom stereocenters. The van der Waals surface area contributed by atoms with Crippen molar-refractivity contribution in [3.63, 3.8) is 0 Å². The largest absolute Gasteiger partial charge is 0.243 e. The Morgan fingerprint density at radius 3 is 2.56 bits per heavy atom. The van der Waals surface area contributed by atoms with Gasteiger partial charge in [0.15, 0.2) is 0 Å². The first kappa shape index (κ1) is 18.4. The third-order valence-corrected chi connectivity index (χ3v) is 7.87. The van der Waals surface area contributed by atoms with E-state index in [4.69, 9.17) is 0 Å². The van der Waals surface area contributed by atoms with E-state index >= 15 is 0 Å². The predicted molar refractivity (Wildman–Crippen MR) is 101 cm³/mol. The van der Waals surface area contributed by atoms with E-state index in [1.54, 1.807) is 36.0 Å². The molecule has 0 radical (unpaired) electrons. The number of hydrogen-bond donors (Lipinski definition) is 0. The first-order chi connectivity index (χ1) is 11.9. The number of sulfonamides is 1. The molecule has 25 heavy (non-hydrogen) atoms. The standard InChI is InChI=1S/C19H22FNO2S2/c1-14-7-8-16(13-15(14)2)25(22,23)21-10-9-19(24-12-11-21)17-5-3-4-6-18(17)20/h3-8,13,19H,9-12H2,1-2H3. The molecule has 3 rings (SSSR count). The first-order valence-corrected chi connectivity index (χ1v) is 10.8. The van der Waals surface area contributed by atoms with E-state index in [1.807, 2.05) is 26.0 Å². The van der Waals surface area contributed by atoms with Crippen LogP contribution >= 0.6 is 11.8 Å². The summed E-state index contributed by atoms with van der Waals surface area (Å²) in [6.07, 6.45) is 0.607. The summed E-state index contributed by atoms with van der Waals surface area (Å²) in [5.41, 5.74) is 2.71. The Morgan fingerprint density at radius 1 is 1.08 bits per heavy atom. The molecule has 0 saturated carbocycles. The molecule has 1 atom stereocenters. The lowest BCUT2D eigenvalue weighted by molar-refractivity contribution is 0.427. The van der Waals surface area contributed by atoms with E-state index in [0.29, 0.717) is 35.7 Å². The van der Waals surface area contributed by atoms with Crippen molar-refractivity contribution in [1.29, 1.82) is 0 Å². The lowest BCUT2D eigenvalue weighted by Crippen LogP contribution is -2.33. The Labute approximate surface area is 153 Å². The van der Waals surface area contributed by atoms with E-state index in [1.165, 1.54) is 10.4 Å². The Hall–Kier alpha value is -1.37. The number of halogens is 1. The molecule has 1 fully saturated rings. The fraction of sp³-hybridized carbons (Fsp3) is 0.368. The Balaban J connectivity index is 1.80. The fourth-order valence-corrected chi connectivity index (χ4v) is 5.91. The number of benzene rings is 2. The Morgan fingerprint density at radius 2 is 1.84 bits per heavy atom. The maximum absolute atomic E-state index is 14.0. The van der Waals surface area contributed by atoms with Crippen LogP contribution in [-0.4, -0.2) is 31.6 Å². The van der Waals surface area contributed by atoms with Gasteiger partial charge in [-0.1, -0.05) is 24.3 Å². The predicted octanol–water partition coefficient (Wildman–Crippen LogP) is 4.31. The van der Waals surface area contributed by atoms with Crippen molar-refractivity contribution in [1.82, 2.24) is 4.31 Å². The van der Waals surface area contributed by atoms with Crippen molar-refractivity contribution < 1.29 is 12.8 Å². The van der Waals surface area contributed by atoms with Crippen LogP contribution in [0, 0.1) is 19.7 Å². The van der Waals surface area contributed by atoms with E-state index < -0.39 is 10.0 Å². The van der Waals surface area contributed by atoms with Crippen LogP contribution in [0.2, 0.25) is 0 Å². The molecule has 1 aliphatic heterocycles. The summed E-state index contributed by atoms with van der Waals surface area (Å²) >= 11 is 1.63. The van der Waals surface area contributed by atoms with Crippen molar-refractivity contribution in [3.8, 4) is 0 Å². The van der Waals surface area contributed by atoms with Crippen LogP contribution in [0.5, 0.6) is 0 Å². The third-order valence-electron chi connectivity index (χ3n) is 4.67. The van der Waals surface area contributed by atoms with Gasteiger partial charge in [-0.3, -0.25) is 0 Å². The zero-order chi connectivity index (χ0) is 18.0. The van der Waals surface area contributed by atoms with Crippen molar-refractivity contribution in [3.05, 3.63) is 65.0 Å². The summed E-state index contributed by atoms with van der Waals surface area (Å²) in [7, 11) is -3.51. The van der Waals surface area contributed by atoms with Crippen LogP contribution < -0.4 is 0 Å². The second-order valence-electron chi connectivity index (χ2n) is 6.32. The number of rotatable bonds is 3. The lowest BCUT2D eigenvalue weighted by atomic mass is 10.1. The number of thioether (sulfide) groups is 1. The number of aryl methyl sites for hydroxylation is 2. The van der Waals surface area contributed by atoms with Crippen LogP contribution in [0.3, 0.4) is 0 Å². The van der Waals surface area contributed by atoms with Gasteiger partial charge in [0.05, 0.1) is 4.90 Å². The van der Waals surface area contributed by atoms with Crippen LogP contribution in [0.1, 0.15) is 28.4 Å². The molecule has 2 aromatic rings. The highest BCUT2D eigenvalue weighted by atomic mass is 32.2. The van der Waals surface area contributed by atoms with Crippen LogP contribution in [0.25, 0.3) is 0 Å². The van der Waals surface area contributed by atoms with Gasteiger partial charge in [0.1, 0.15) is 5.82 Å². The molecule has 0 aromatic heterocycles. The minimum absolute atomic E-state index is 0.0128. The van der Waals surface area contributed by atoms with Crippen molar-refractivity contribution in [2.75, 3.05) is 18.8 Å². The summed E-state index contributed by atoms with van der Waals surface area (Å²) in [6, 6.07) is 12.0. The molecule has 0 spiro atoms. The lowest BCUT2D eigenvalue weighted by Gasteiger charge is -2.20. The minimum Gasteiger partial charge on any atom is -0.207 e. The zero-order valence-corrected chi connectivity index (χ0v) is 16.0.